The molecule has 1 unspecified atom stereocenters. The van der Waals surface area contributed by atoms with E-state index >= 15 is 0 Å². The van der Waals surface area contributed by atoms with Crippen LogP contribution < -0.4 is 5.73 Å². The zero-order valence-electron chi connectivity index (χ0n) is 35.3. The molecule has 322 valence electrons. The van der Waals surface area contributed by atoms with E-state index in [1.54, 1.807) is 0 Å². The highest BCUT2D eigenvalue weighted by atomic mass is 31.2. The monoisotopic (exact) mass is 814 g/mol. The van der Waals surface area contributed by atoms with Gasteiger partial charge in [0.2, 0.25) is 0 Å². The molecule has 10 heteroatoms. The third-order valence-corrected chi connectivity index (χ3v) is 9.14. The van der Waals surface area contributed by atoms with E-state index in [2.05, 4.69) is 105 Å². The average molecular weight is 814 g/mol. The number of carbonyl (C=O) groups is 2. The Labute approximate surface area is 346 Å². The summed E-state index contributed by atoms with van der Waals surface area (Å²) in [5.41, 5.74) is 5.34. The fraction of sp³-hybridized carbons (Fsp3) is 0.574. The zero-order chi connectivity index (χ0) is 41.8. The molecule has 0 aliphatic carbocycles. The van der Waals surface area contributed by atoms with E-state index in [0.29, 0.717) is 19.3 Å². The van der Waals surface area contributed by atoms with Crippen molar-refractivity contribution in [2.24, 2.45) is 5.73 Å². The Kier molecular flexibility index (Phi) is 39.8. The van der Waals surface area contributed by atoms with Crippen molar-refractivity contribution in [1.29, 1.82) is 0 Å². The lowest BCUT2D eigenvalue weighted by Gasteiger charge is -2.19. The first-order valence-electron chi connectivity index (χ1n) is 21.4. The lowest BCUT2D eigenvalue weighted by molar-refractivity contribution is -0.161. The summed E-state index contributed by atoms with van der Waals surface area (Å²) in [6.45, 7) is 3.43. The summed E-state index contributed by atoms with van der Waals surface area (Å²) in [6.07, 6.45) is 55.7. The SMILES string of the molecule is CCC=CCC=CCC=CCC=CCC=CCC=CCCC(=O)OC[C@H](COP(=O)(O)OCCN)OC(=O)CCCC=CCC=CCC=CCCCCCCCC. The fourth-order valence-corrected chi connectivity index (χ4v) is 5.79. The molecule has 0 radical (unpaired) electrons. The molecule has 0 saturated heterocycles. The van der Waals surface area contributed by atoms with E-state index in [0.717, 1.165) is 57.8 Å². The normalized spacial score (nSPS) is 14.4. The molecule has 0 aliphatic heterocycles. The summed E-state index contributed by atoms with van der Waals surface area (Å²) in [5.74, 6) is -1.00. The van der Waals surface area contributed by atoms with Crippen LogP contribution in [-0.4, -0.2) is 49.3 Å². The van der Waals surface area contributed by atoms with Gasteiger partial charge in [-0.3, -0.25) is 18.6 Å². The van der Waals surface area contributed by atoms with Gasteiger partial charge < -0.3 is 20.1 Å². The Morgan fingerprint density at radius 2 is 1.00 bits per heavy atom. The maximum atomic E-state index is 12.6. The van der Waals surface area contributed by atoms with E-state index in [1.165, 1.54) is 38.5 Å². The van der Waals surface area contributed by atoms with Gasteiger partial charge in [0.05, 0.1) is 13.2 Å². The Hall–Kier alpha value is -3.33. The number of ether oxygens (including phenoxy) is 2. The van der Waals surface area contributed by atoms with Crippen LogP contribution in [0.5, 0.6) is 0 Å². The maximum Gasteiger partial charge on any atom is 0.472 e. The van der Waals surface area contributed by atoms with Gasteiger partial charge >= 0.3 is 19.8 Å². The Balaban J connectivity index is 4.40. The van der Waals surface area contributed by atoms with Crippen LogP contribution >= 0.6 is 7.82 Å². The Morgan fingerprint density at radius 3 is 1.51 bits per heavy atom. The van der Waals surface area contributed by atoms with Crippen LogP contribution in [-0.2, 0) is 32.7 Å². The van der Waals surface area contributed by atoms with Crippen molar-refractivity contribution in [3.05, 3.63) is 109 Å². The largest absolute Gasteiger partial charge is 0.472 e. The molecule has 0 saturated carbocycles. The lowest BCUT2D eigenvalue weighted by Crippen LogP contribution is -2.29. The number of hydrogen-bond acceptors (Lipinski definition) is 8. The number of rotatable bonds is 38. The van der Waals surface area contributed by atoms with Crippen LogP contribution in [0.2, 0.25) is 0 Å². The van der Waals surface area contributed by atoms with Crippen LogP contribution in [0.1, 0.15) is 142 Å². The van der Waals surface area contributed by atoms with Gasteiger partial charge in [-0.05, 0) is 83.5 Å². The highest BCUT2D eigenvalue weighted by Crippen LogP contribution is 2.43. The molecular weight excluding hydrogens is 737 g/mol. The van der Waals surface area contributed by atoms with E-state index in [4.69, 9.17) is 24.3 Å². The second kappa shape index (κ2) is 42.3. The van der Waals surface area contributed by atoms with E-state index in [9.17, 15) is 19.0 Å². The topological polar surface area (TPSA) is 134 Å². The smallest absolute Gasteiger partial charge is 0.462 e. The number of esters is 2. The molecule has 0 fully saturated rings. The molecule has 0 bridgehead atoms. The molecule has 9 nitrogen and oxygen atoms in total. The minimum absolute atomic E-state index is 0.0299. The molecule has 2 atom stereocenters. The Morgan fingerprint density at radius 1 is 0.544 bits per heavy atom. The van der Waals surface area contributed by atoms with E-state index in [-0.39, 0.29) is 32.6 Å². The zero-order valence-corrected chi connectivity index (χ0v) is 36.2. The molecule has 0 heterocycles. The van der Waals surface area contributed by atoms with Crippen molar-refractivity contribution >= 4 is 19.8 Å². The van der Waals surface area contributed by atoms with Crippen LogP contribution in [0.15, 0.2) is 109 Å². The first-order chi connectivity index (χ1) is 27.8. The highest BCUT2D eigenvalue weighted by Gasteiger charge is 2.25. The summed E-state index contributed by atoms with van der Waals surface area (Å²) in [6, 6.07) is 0. The van der Waals surface area contributed by atoms with Gasteiger partial charge in [-0.15, -0.1) is 0 Å². The predicted molar refractivity (Wildman–Crippen MR) is 238 cm³/mol. The van der Waals surface area contributed by atoms with Gasteiger partial charge in [0.25, 0.3) is 0 Å². The number of phosphoric ester groups is 1. The van der Waals surface area contributed by atoms with Gasteiger partial charge in [-0.25, -0.2) is 4.57 Å². The molecule has 0 amide bonds. The quantitative estimate of drug-likeness (QED) is 0.0270. The number of nitrogens with two attached hydrogens (primary N) is 1. The second-order valence-electron chi connectivity index (χ2n) is 13.5. The molecule has 0 aliphatic rings. The van der Waals surface area contributed by atoms with Crippen molar-refractivity contribution in [2.75, 3.05) is 26.4 Å². The summed E-state index contributed by atoms with van der Waals surface area (Å²) >= 11 is 0. The summed E-state index contributed by atoms with van der Waals surface area (Å²) in [5, 5.41) is 0. The number of unbranched alkanes of at least 4 members (excludes halogenated alkanes) is 7. The van der Waals surface area contributed by atoms with Gasteiger partial charge in [-0.1, -0.05) is 155 Å². The third kappa shape index (κ3) is 42.1. The molecule has 0 aromatic rings. The van der Waals surface area contributed by atoms with Crippen molar-refractivity contribution in [1.82, 2.24) is 0 Å². The molecule has 3 N–H and O–H groups in total. The van der Waals surface area contributed by atoms with Crippen molar-refractivity contribution < 1.29 is 37.6 Å². The molecule has 0 aromatic heterocycles. The summed E-state index contributed by atoms with van der Waals surface area (Å²) in [4.78, 5) is 34.8. The minimum atomic E-state index is -4.41. The standard InChI is InChI=1S/C47H76NO8P/c1-3-5-7-9-11-13-15-17-19-21-22-24-25-27-29-31-33-35-37-39-46(49)53-43-45(44-55-57(51,52)54-42-41-48)56-47(50)40-38-36-34-32-30-28-26-23-20-18-16-14-12-10-8-6-4-2/h5,7,11,13,17-20,22,24,26-29,32-35,45H,3-4,6,8-10,12,14-16,21,23,25,30-31,36-44,48H2,1-2H3,(H,51,52)/t45-/m1/s1. The van der Waals surface area contributed by atoms with Gasteiger partial charge in [0.1, 0.15) is 6.61 Å². The van der Waals surface area contributed by atoms with Crippen molar-refractivity contribution in [2.45, 2.75) is 148 Å². The average Bonchev–Trinajstić information content (AvgIpc) is 3.20. The van der Waals surface area contributed by atoms with Crippen LogP contribution in [0.3, 0.4) is 0 Å². The molecule has 0 rings (SSSR count). The van der Waals surface area contributed by atoms with E-state index in [1.807, 2.05) is 18.2 Å². The summed E-state index contributed by atoms with van der Waals surface area (Å²) < 4.78 is 32.6. The first-order valence-corrected chi connectivity index (χ1v) is 22.9. The minimum Gasteiger partial charge on any atom is -0.462 e. The summed E-state index contributed by atoms with van der Waals surface area (Å²) in [7, 11) is -4.41. The Bertz CT molecular complexity index is 1290. The number of hydrogen-bond donors (Lipinski definition) is 2. The maximum absolute atomic E-state index is 12.6. The first kappa shape index (κ1) is 53.7. The number of carbonyl (C=O) groups excluding carboxylic acids is 2. The third-order valence-electron chi connectivity index (χ3n) is 8.16. The van der Waals surface area contributed by atoms with Crippen molar-refractivity contribution in [3.63, 3.8) is 0 Å². The predicted octanol–water partition coefficient (Wildman–Crippen LogP) is 12.4. The van der Waals surface area contributed by atoms with Crippen molar-refractivity contribution in [3.8, 4) is 0 Å². The van der Waals surface area contributed by atoms with Crippen LogP contribution in [0.25, 0.3) is 0 Å². The van der Waals surface area contributed by atoms with Gasteiger partial charge in [0.15, 0.2) is 6.10 Å². The molecular formula is C47H76NO8P. The lowest BCUT2D eigenvalue weighted by atomic mass is 10.1. The van der Waals surface area contributed by atoms with Crippen LogP contribution in [0, 0.1) is 0 Å². The molecule has 57 heavy (non-hydrogen) atoms. The van der Waals surface area contributed by atoms with Gasteiger partial charge in [0, 0.05) is 19.4 Å². The van der Waals surface area contributed by atoms with Crippen LogP contribution in [0.4, 0.5) is 0 Å². The van der Waals surface area contributed by atoms with Gasteiger partial charge in [-0.2, -0.15) is 0 Å². The fourth-order valence-electron chi connectivity index (χ4n) is 5.03. The highest BCUT2D eigenvalue weighted by molar-refractivity contribution is 7.47. The number of allylic oxidation sites excluding steroid dienone is 18. The number of phosphoric acid groups is 1. The molecule has 0 aromatic carbocycles. The second-order valence-corrected chi connectivity index (χ2v) is 14.9. The van der Waals surface area contributed by atoms with E-state index < -0.39 is 32.5 Å². The molecule has 0 spiro atoms.